The number of pyridine rings is 1. The van der Waals surface area contributed by atoms with E-state index in [1.807, 2.05) is 37.3 Å². The maximum absolute atomic E-state index is 12.6. The summed E-state index contributed by atoms with van der Waals surface area (Å²) < 4.78 is 0. The van der Waals surface area contributed by atoms with Crippen LogP contribution < -0.4 is 5.56 Å². The molecule has 0 bridgehead atoms. The lowest BCUT2D eigenvalue weighted by Gasteiger charge is -2.36. The normalized spacial score (nSPS) is 16.9. The van der Waals surface area contributed by atoms with Gasteiger partial charge in [0.15, 0.2) is 0 Å². The Hall–Kier alpha value is -2.36. The van der Waals surface area contributed by atoms with E-state index in [-0.39, 0.29) is 22.4 Å². The second-order valence-corrected chi connectivity index (χ2v) is 7.44. The van der Waals surface area contributed by atoms with Gasteiger partial charge in [0.05, 0.1) is 0 Å². The van der Waals surface area contributed by atoms with Gasteiger partial charge in [-0.3, -0.25) is 9.59 Å². The van der Waals surface area contributed by atoms with Gasteiger partial charge < -0.3 is 9.88 Å². The summed E-state index contributed by atoms with van der Waals surface area (Å²) in [5.74, 6) is -0.165. The van der Waals surface area contributed by atoms with Crippen LogP contribution in [-0.4, -0.2) is 28.9 Å². The highest BCUT2D eigenvalue weighted by atomic mass is 16.2. The van der Waals surface area contributed by atoms with Crippen molar-refractivity contribution in [2.75, 3.05) is 13.1 Å². The fraction of sp³-hybridized carbons (Fsp3) is 0.400. The van der Waals surface area contributed by atoms with E-state index in [9.17, 15) is 9.59 Å². The third-order valence-electron chi connectivity index (χ3n) is 4.91. The average Bonchev–Trinajstić information content (AvgIpc) is 2.55. The molecule has 2 aromatic rings. The van der Waals surface area contributed by atoms with Crippen LogP contribution in [0, 0.1) is 12.3 Å². The van der Waals surface area contributed by atoms with Gasteiger partial charge >= 0.3 is 0 Å². The Morgan fingerprint density at radius 3 is 2.25 bits per heavy atom. The van der Waals surface area contributed by atoms with Crippen molar-refractivity contribution in [3.8, 4) is 11.3 Å². The van der Waals surface area contributed by atoms with Crippen LogP contribution in [0.15, 0.2) is 41.2 Å². The number of nitrogens with one attached hydrogen (secondary N) is 1. The smallest absolute Gasteiger partial charge is 0.261 e. The lowest BCUT2D eigenvalue weighted by Crippen LogP contribution is -2.42. The van der Waals surface area contributed by atoms with Crippen molar-refractivity contribution in [1.82, 2.24) is 9.88 Å². The first-order valence-electron chi connectivity index (χ1n) is 8.45. The van der Waals surface area contributed by atoms with Crippen LogP contribution in [0.2, 0.25) is 0 Å². The van der Waals surface area contributed by atoms with Gasteiger partial charge in [-0.25, -0.2) is 0 Å². The van der Waals surface area contributed by atoms with Gasteiger partial charge in [-0.05, 0) is 42.9 Å². The lowest BCUT2D eigenvalue weighted by atomic mass is 9.82. The first-order chi connectivity index (χ1) is 11.4. The number of carbonyl (C=O) groups is 1. The third kappa shape index (κ3) is 3.42. The molecule has 0 radical (unpaired) electrons. The predicted octanol–water partition coefficient (Wildman–Crippen LogP) is 3.61. The van der Waals surface area contributed by atoms with E-state index in [0.717, 1.165) is 24.1 Å². The van der Waals surface area contributed by atoms with Gasteiger partial charge in [0.1, 0.15) is 5.56 Å². The van der Waals surface area contributed by atoms with Crippen LogP contribution >= 0.6 is 0 Å². The molecule has 1 aliphatic heterocycles. The summed E-state index contributed by atoms with van der Waals surface area (Å²) >= 11 is 0. The van der Waals surface area contributed by atoms with Crippen LogP contribution in [0.3, 0.4) is 0 Å². The molecule has 2 heterocycles. The number of amides is 1. The molecule has 0 spiro atoms. The molecule has 1 N–H and O–H groups in total. The zero-order valence-electron chi connectivity index (χ0n) is 14.6. The molecule has 1 aromatic heterocycles. The minimum Gasteiger partial charge on any atom is -0.338 e. The van der Waals surface area contributed by atoms with Gasteiger partial charge in [0.25, 0.3) is 11.5 Å². The number of piperidine rings is 1. The SMILES string of the molecule is Cc1ccc(-c2ccc(C(=O)N3CCC(C)(C)CC3)c(=O)[nH]2)cc1. The first kappa shape index (κ1) is 16.5. The number of hydrogen-bond acceptors (Lipinski definition) is 2. The molecule has 1 aromatic carbocycles. The van der Waals surface area contributed by atoms with E-state index in [2.05, 4.69) is 18.8 Å². The van der Waals surface area contributed by atoms with Crippen molar-refractivity contribution in [3.63, 3.8) is 0 Å². The molecule has 0 aliphatic carbocycles. The Morgan fingerprint density at radius 2 is 1.67 bits per heavy atom. The van der Waals surface area contributed by atoms with E-state index >= 15 is 0 Å². The standard InChI is InChI=1S/C20H24N2O2/c1-14-4-6-15(7-5-14)17-9-8-16(18(23)21-17)19(24)22-12-10-20(2,3)11-13-22/h4-9H,10-13H2,1-3H3,(H,21,23). The zero-order valence-corrected chi connectivity index (χ0v) is 14.6. The van der Waals surface area contributed by atoms with Crippen LogP contribution in [0.25, 0.3) is 11.3 Å². The molecule has 4 nitrogen and oxygen atoms in total. The number of aryl methyl sites for hydroxylation is 1. The minimum atomic E-state index is -0.317. The average molecular weight is 324 g/mol. The number of nitrogens with zero attached hydrogens (tertiary/aromatic N) is 1. The summed E-state index contributed by atoms with van der Waals surface area (Å²) in [5, 5.41) is 0. The number of benzene rings is 1. The summed E-state index contributed by atoms with van der Waals surface area (Å²) in [6, 6.07) is 11.4. The maximum atomic E-state index is 12.6. The largest absolute Gasteiger partial charge is 0.338 e. The summed E-state index contributed by atoms with van der Waals surface area (Å²) in [6.45, 7) is 7.89. The fourth-order valence-electron chi connectivity index (χ4n) is 3.03. The summed E-state index contributed by atoms with van der Waals surface area (Å²) in [6.07, 6.45) is 1.94. The number of aromatic nitrogens is 1. The summed E-state index contributed by atoms with van der Waals surface area (Å²) in [7, 11) is 0. The van der Waals surface area contributed by atoms with E-state index in [0.29, 0.717) is 13.1 Å². The van der Waals surface area contributed by atoms with E-state index in [1.165, 1.54) is 5.56 Å². The molecule has 1 fully saturated rings. The van der Waals surface area contributed by atoms with Crippen molar-refractivity contribution >= 4 is 5.91 Å². The van der Waals surface area contributed by atoms with Gasteiger partial charge in [-0.2, -0.15) is 0 Å². The Labute approximate surface area is 142 Å². The minimum absolute atomic E-state index is 0.165. The molecule has 1 aliphatic rings. The van der Waals surface area contributed by atoms with Crippen LogP contribution in [0.5, 0.6) is 0 Å². The van der Waals surface area contributed by atoms with E-state index in [4.69, 9.17) is 0 Å². The lowest BCUT2D eigenvalue weighted by molar-refractivity contribution is 0.0628. The maximum Gasteiger partial charge on any atom is 0.261 e. The topological polar surface area (TPSA) is 53.2 Å². The van der Waals surface area contributed by atoms with Crippen molar-refractivity contribution < 1.29 is 4.79 Å². The van der Waals surface area contributed by atoms with Gasteiger partial charge in [0, 0.05) is 18.8 Å². The molecule has 0 atom stereocenters. The van der Waals surface area contributed by atoms with Gasteiger partial charge in [-0.15, -0.1) is 0 Å². The second kappa shape index (κ2) is 6.27. The summed E-state index contributed by atoms with van der Waals surface area (Å²) in [5.41, 5.74) is 3.03. The Bertz CT molecular complexity index is 793. The number of likely N-dealkylation sites (tertiary alicyclic amines) is 1. The highest BCUT2D eigenvalue weighted by molar-refractivity contribution is 5.94. The van der Waals surface area contributed by atoms with E-state index in [1.54, 1.807) is 11.0 Å². The number of hydrogen-bond donors (Lipinski definition) is 1. The van der Waals surface area contributed by atoms with Gasteiger partial charge in [-0.1, -0.05) is 43.7 Å². The van der Waals surface area contributed by atoms with Gasteiger partial charge in [0.2, 0.25) is 0 Å². The molecule has 1 saturated heterocycles. The zero-order chi connectivity index (χ0) is 17.3. The Morgan fingerprint density at radius 1 is 1.04 bits per heavy atom. The van der Waals surface area contributed by atoms with Crippen molar-refractivity contribution in [2.24, 2.45) is 5.41 Å². The highest BCUT2D eigenvalue weighted by Crippen LogP contribution is 2.30. The second-order valence-electron chi connectivity index (χ2n) is 7.44. The van der Waals surface area contributed by atoms with Crippen LogP contribution in [-0.2, 0) is 0 Å². The molecule has 24 heavy (non-hydrogen) atoms. The van der Waals surface area contributed by atoms with Crippen molar-refractivity contribution in [1.29, 1.82) is 0 Å². The molecule has 3 rings (SSSR count). The Kier molecular flexibility index (Phi) is 4.31. The van der Waals surface area contributed by atoms with E-state index < -0.39 is 0 Å². The summed E-state index contributed by atoms with van der Waals surface area (Å²) in [4.78, 5) is 29.7. The van der Waals surface area contributed by atoms with Crippen molar-refractivity contribution in [2.45, 2.75) is 33.6 Å². The number of H-pyrrole nitrogens is 1. The third-order valence-corrected chi connectivity index (χ3v) is 4.91. The quantitative estimate of drug-likeness (QED) is 0.917. The molecular weight excluding hydrogens is 300 g/mol. The van der Waals surface area contributed by atoms with Crippen molar-refractivity contribution in [3.05, 3.63) is 57.9 Å². The molecule has 0 unspecified atom stereocenters. The molecule has 1 amide bonds. The molecule has 4 heteroatoms. The van der Waals surface area contributed by atoms with Crippen LogP contribution in [0.4, 0.5) is 0 Å². The Balaban J connectivity index is 1.81. The fourth-order valence-corrected chi connectivity index (χ4v) is 3.03. The monoisotopic (exact) mass is 324 g/mol. The predicted molar refractivity (Wildman–Crippen MR) is 96.2 cm³/mol. The van der Waals surface area contributed by atoms with Crippen LogP contribution in [0.1, 0.15) is 42.6 Å². The molecule has 0 saturated carbocycles. The highest BCUT2D eigenvalue weighted by Gasteiger charge is 2.29. The molecule has 126 valence electrons. The first-order valence-corrected chi connectivity index (χ1v) is 8.45. The molecular formula is C20H24N2O2. The number of rotatable bonds is 2. The number of carbonyl (C=O) groups excluding carboxylic acids is 1. The number of aromatic amines is 1.